The zero-order valence-electron chi connectivity index (χ0n) is 34.6. The maximum Gasteiger partial charge on any atom is 0.323 e. The van der Waals surface area contributed by atoms with Crippen LogP contribution in [0, 0.1) is 45.9 Å². The average molecular weight is 840 g/mol. The summed E-state index contributed by atoms with van der Waals surface area (Å²) in [6.07, 6.45) is 4.66. The zero-order valence-corrected chi connectivity index (χ0v) is 34.6. The van der Waals surface area contributed by atoms with E-state index in [1.165, 1.54) is 29.4 Å². The normalized spacial score (nSPS) is 13.1. The molecule has 1 amide bonds. The molecule has 6 aromatic rings. The van der Waals surface area contributed by atoms with E-state index in [4.69, 9.17) is 16.6 Å². The van der Waals surface area contributed by atoms with E-state index < -0.39 is 46.6 Å². The van der Waals surface area contributed by atoms with E-state index in [9.17, 15) is 37.7 Å². The predicted octanol–water partition coefficient (Wildman–Crippen LogP) is 8.01. The number of benzene rings is 4. The lowest BCUT2D eigenvalue weighted by Crippen LogP contribution is -2.32. The number of hydrogen-bond acceptors (Lipinski definition) is 8. The molecular formula is C45H49F4N9O3. The highest BCUT2D eigenvalue weighted by atomic mass is 19.2. The van der Waals surface area contributed by atoms with Crippen LogP contribution in [0.15, 0.2) is 85.5 Å². The van der Waals surface area contributed by atoms with Crippen LogP contribution >= 0.6 is 0 Å². The molecule has 0 fully saturated rings. The van der Waals surface area contributed by atoms with Gasteiger partial charge in [0.2, 0.25) is 5.91 Å². The molecule has 6 rings (SSSR count). The third-order valence-electron chi connectivity index (χ3n) is 10.9. The molecule has 0 saturated heterocycles. The molecule has 16 heteroatoms. The molecule has 3 atom stereocenters. The first-order valence-electron chi connectivity index (χ1n) is 19.6. The van der Waals surface area contributed by atoms with Crippen molar-refractivity contribution in [3.63, 3.8) is 0 Å². The predicted molar refractivity (Wildman–Crippen MR) is 223 cm³/mol. The van der Waals surface area contributed by atoms with Crippen molar-refractivity contribution in [3.05, 3.63) is 131 Å². The maximum atomic E-state index is 14.1. The van der Waals surface area contributed by atoms with Crippen LogP contribution in [0.25, 0.3) is 22.1 Å². The number of carbonyl (C=O) groups is 2. The summed E-state index contributed by atoms with van der Waals surface area (Å²) in [5.74, 6) is -5.58. The number of carboxylic acids is 1. The second kappa shape index (κ2) is 20.6. The van der Waals surface area contributed by atoms with Gasteiger partial charge in [0.1, 0.15) is 24.1 Å². The topological polar surface area (TPSA) is 202 Å². The quantitative estimate of drug-likeness (QED) is 0.0832. The number of carboxylic acid groups (broad SMARTS) is 1. The molecule has 0 aliphatic heterocycles. The van der Waals surface area contributed by atoms with E-state index in [0.717, 1.165) is 58.2 Å². The average Bonchev–Trinajstić information content (AvgIpc) is 3.87. The van der Waals surface area contributed by atoms with Gasteiger partial charge in [0.05, 0.1) is 52.7 Å². The SMILES string of the molecule is CCC(C#N)(CC)c1ccc(C(C)NC(=O)Cn2cnc3ccc(F)c(F)c32)cc1.CCC(C#N)(CN)c1ccc(C(C)N)cc1.O=C(O)Cn1cnc2ccc(F)c(F)c21. The van der Waals surface area contributed by atoms with Crippen LogP contribution < -0.4 is 16.8 Å². The molecule has 6 N–H and O–H groups in total. The van der Waals surface area contributed by atoms with Gasteiger partial charge in [-0.3, -0.25) is 9.59 Å². The van der Waals surface area contributed by atoms with Crippen LogP contribution in [0.2, 0.25) is 0 Å². The second-order valence-electron chi connectivity index (χ2n) is 14.6. The van der Waals surface area contributed by atoms with Gasteiger partial charge in [0, 0.05) is 12.6 Å². The highest BCUT2D eigenvalue weighted by Crippen LogP contribution is 2.32. The van der Waals surface area contributed by atoms with Gasteiger partial charge in [0.25, 0.3) is 0 Å². The first-order valence-corrected chi connectivity index (χ1v) is 19.6. The summed E-state index contributed by atoms with van der Waals surface area (Å²) in [7, 11) is 0. The summed E-state index contributed by atoms with van der Waals surface area (Å²) in [5, 5.41) is 30.3. The Morgan fingerprint density at radius 1 is 0.721 bits per heavy atom. The van der Waals surface area contributed by atoms with Gasteiger partial charge in [-0.25, -0.2) is 27.5 Å². The lowest BCUT2D eigenvalue weighted by molar-refractivity contribution is -0.137. The molecule has 4 aromatic carbocycles. The summed E-state index contributed by atoms with van der Waals surface area (Å²) in [4.78, 5) is 30.7. The number of halogens is 4. The Labute approximate surface area is 351 Å². The molecule has 2 aromatic heterocycles. The molecule has 320 valence electrons. The Morgan fingerprint density at radius 2 is 1.15 bits per heavy atom. The van der Waals surface area contributed by atoms with E-state index in [2.05, 4.69) is 27.4 Å². The third kappa shape index (κ3) is 10.6. The van der Waals surface area contributed by atoms with Gasteiger partial charge in [0.15, 0.2) is 23.3 Å². The number of hydrogen-bond donors (Lipinski definition) is 4. The van der Waals surface area contributed by atoms with Crippen LogP contribution in [0.5, 0.6) is 0 Å². The summed E-state index contributed by atoms with van der Waals surface area (Å²) < 4.78 is 56.2. The minimum absolute atomic E-state index is 0.0186. The van der Waals surface area contributed by atoms with E-state index >= 15 is 0 Å². The Hall–Kier alpha value is -6.62. The first kappa shape index (κ1) is 47.1. The molecule has 0 radical (unpaired) electrons. The minimum atomic E-state index is -1.14. The van der Waals surface area contributed by atoms with Gasteiger partial charge in [-0.15, -0.1) is 0 Å². The summed E-state index contributed by atoms with van der Waals surface area (Å²) >= 11 is 0. The van der Waals surface area contributed by atoms with E-state index in [1.54, 1.807) is 0 Å². The Morgan fingerprint density at radius 3 is 1.54 bits per heavy atom. The molecule has 0 saturated carbocycles. The van der Waals surface area contributed by atoms with Crippen molar-refractivity contribution >= 4 is 33.9 Å². The molecule has 2 heterocycles. The number of aliphatic carboxylic acids is 1. The van der Waals surface area contributed by atoms with Crippen molar-refractivity contribution in [2.45, 2.75) is 89.9 Å². The Balaban J connectivity index is 0.000000222. The van der Waals surface area contributed by atoms with Gasteiger partial charge in [-0.05, 0) is 79.6 Å². The number of carbonyl (C=O) groups excluding carboxylic acids is 1. The number of aromatic nitrogens is 4. The molecule has 0 spiro atoms. The van der Waals surface area contributed by atoms with Gasteiger partial charge < -0.3 is 31.0 Å². The molecule has 12 nitrogen and oxygen atoms in total. The highest BCUT2D eigenvalue weighted by molar-refractivity contribution is 5.81. The molecular weight excluding hydrogens is 791 g/mol. The van der Waals surface area contributed by atoms with Crippen molar-refractivity contribution in [2.75, 3.05) is 6.54 Å². The van der Waals surface area contributed by atoms with Crippen molar-refractivity contribution in [2.24, 2.45) is 11.5 Å². The second-order valence-corrected chi connectivity index (χ2v) is 14.6. The van der Waals surface area contributed by atoms with E-state index in [-0.39, 0.29) is 46.6 Å². The zero-order chi connectivity index (χ0) is 45.1. The van der Waals surface area contributed by atoms with Gasteiger partial charge >= 0.3 is 5.97 Å². The van der Waals surface area contributed by atoms with E-state index in [0.29, 0.717) is 6.54 Å². The maximum absolute atomic E-state index is 14.1. The largest absolute Gasteiger partial charge is 0.480 e. The standard InChI is InChI=1S/C23H24F2N4O.C13H19N3.C9H6F2N2O2/c1-4-23(5-2,13-26)17-8-6-16(7-9-17)15(3)28-20(30)12-29-14-27-19-11-10-18(24)21(25)22(19)29;1-3-13(8-14,9-15)12-6-4-11(5-7-12)10(2)16;10-5-1-2-6-9(8(5)11)13(4-12-6)3-7(14)15/h6-11,14-15H,4-5,12H2,1-3H3,(H,28,30);4-7,10H,3,8,14,16H2,1-2H3;1-2,4H,3H2,(H,14,15). The Bertz CT molecular complexity index is 2530. The Kier molecular flexibility index (Phi) is 15.9. The molecule has 0 aliphatic rings. The lowest BCUT2D eigenvalue weighted by Gasteiger charge is -2.24. The number of fused-ring (bicyclic) bond motifs is 2. The van der Waals surface area contributed by atoms with E-state index in [1.807, 2.05) is 83.1 Å². The fourth-order valence-corrected chi connectivity index (χ4v) is 6.84. The number of nitriles is 2. The van der Waals surface area contributed by atoms with Crippen molar-refractivity contribution in [1.82, 2.24) is 24.4 Å². The van der Waals surface area contributed by atoms with Crippen LogP contribution in [-0.4, -0.2) is 42.6 Å². The minimum Gasteiger partial charge on any atom is -0.480 e. The monoisotopic (exact) mass is 839 g/mol. The van der Waals surface area contributed by atoms with Crippen LogP contribution in [0.3, 0.4) is 0 Å². The number of amides is 1. The van der Waals surface area contributed by atoms with Crippen molar-refractivity contribution in [1.29, 1.82) is 10.5 Å². The van der Waals surface area contributed by atoms with Gasteiger partial charge in [-0.1, -0.05) is 69.3 Å². The van der Waals surface area contributed by atoms with Crippen molar-refractivity contribution < 1.29 is 32.3 Å². The fraction of sp³-hybridized carbons (Fsp3) is 0.333. The van der Waals surface area contributed by atoms with Crippen LogP contribution in [0.1, 0.15) is 88.2 Å². The number of rotatable bonds is 13. The molecule has 0 aliphatic carbocycles. The molecule has 61 heavy (non-hydrogen) atoms. The van der Waals surface area contributed by atoms with Crippen LogP contribution in [-0.2, 0) is 33.5 Å². The van der Waals surface area contributed by atoms with Crippen molar-refractivity contribution in [3.8, 4) is 12.1 Å². The summed E-state index contributed by atoms with van der Waals surface area (Å²) in [6.45, 7) is 9.48. The smallest absolute Gasteiger partial charge is 0.323 e. The van der Waals surface area contributed by atoms with Crippen LogP contribution in [0.4, 0.5) is 17.6 Å². The molecule has 3 unspecified atom stereocenters. The summed E-state index contributed by atoms with van der Waals surface area (Å²) in [6, 6.07) is 24.6. The number of imidazole rings is 2. The van der Waals surface area contributed by atoms with Gasteiger partial charge in [-0.2, -0.15) is 10.5 Å². The number of nitrogens with zero attached hydrogens (tertiary/aromatic N) is 6. The number of nitrogens with two attached hydrogens (primary N) is 2. The molecule has 0 bridgehead atoms. The highest BCUT2D eigenvalue weighted by Gasteiger charge is 2.29. The fourth-order valence-electron chi connectivity index (χ4n) is 6.84. The number of nitrogens with one attached hydrogen (secondary N) is 1. The third-order valence-corrected chi connectivity index (χ3v) is 10.9. The first-order chi connectivity index (χ1) is 29.0. The lowest BCUT2D eigenvalue weighted by atomic mass is 9.77. The summed E-state index contributed by atoms with van der Waals surface area (Å²) in [5.41, 5.74) is 14.7.